The van der Waals surface area contributed by atoms with E-state index < -0.39 is 24.7 Å². The van der Waals surface area contributed by atoms with Gasteiger partial charge in [-0.05, 0) is 37.5 Å². The Bertz CT molecular complexity index is 813. The fourth-order valence-electron chi connectivity index (χ4n) is 3.10. The molecule has 134 valence electrons. The second kappa shape index (κ2) is 6.42. The number of nitrogens with one attached hydrogen (secondary N) is 2. The maximum Gasteiger partial charge on any atom is 0.405 e. The summed E-state index contributed by atoms with van der Waals surface area (Å²) in [5.74, 6) is -1.14. The number of benzene rings is 1. The number of rotatable bonds is 3. The number of H-pyrrole nitrogens is 1. The average Bonchev–Trinajstić information content (AvgIpc) is 3.17. The molecule has 1 fully saturated rings. The molecule has 5 nitrogen and oxygen atoms in total. The number of halogens is 3. The number of fused-ring (bicyclic) bond motifs is 1. The largest absolute Gasteiger partial charge is 0.405 e. The van der Waals surface area contributed by atoms with E-state index in [1.54, 1.807) is 6.07 Å². The zero-order chi connectivity index (χ0) is 18.2. The number of hydrogen-bond donors (Lipinski definition) is 2. The zero-order valence-corrected chi connectivity index (χ0v) is 13.6. The SMILES string of the molecule is Cc1ccc2cc(C(=O)N3CCC[C@@H]3C(=O)NCC(F)(F)F)[nH]c2c1. The number of alkyl halides is 3. The summed E-state index contributed by atoms with van der Waals surface area (Å²) in [5.41, 5.74) is 2.18. The van der Waals surface area contributed by atoms with Gasteiger partial charge in [-0.1, -0.05) is 12.1 Å². The van der Waals surface area contributed by atoms with Crippen LogP contribution in [-0.2, 0) is 4.79 Å². The molecule has 2 N–H and O–H groups in total. The normalized spacial score (nSPS) is 17.9. The summed E-state index contributed by atoms with van der Waals surface area (Å²) in [5, 5.41) is 2.73. The van der Waals surface area contributed by atoms with E-state index in [0.29, 0.717) is 25.1 Å². The van der Waals surface area contributed by atoms with Gasteiger partial charge in [-0.3, -0.25) is 9.59 Å². The average molecular weight is 353 g/mol. The summed E-state index contributed by atoms with van der Waals surface area (Å²) in [6.07, 6.45) is -3.54. The minimum absolute atomic E-state index is 0.330. The number of aromatic nitrogens is 1. The van der Waals surface area contributed by atoms with Crippen LogP contribution in [0, 0.1) is 6.92 Å². The third kappa shape index (κ3) is 3.78. The van der Waals surface area contributed by atoms with Gasteiger partial charge in [0.25, 0.3) is 5.91 Å². The molecule has 0 bridgehead atoms. The molecular weight excluding hydrogens is 335 g/mol. The molecule has 1 aliphatic heterocycles. The van der Waals surface area contributed by atoms with Crippen molar-refractivity contribution in [3.8, 4) is 0 Å². The van der Waals surface area contributed by atoms with E-state index in [0.717, 1.165) is 16.5 Å². The third-order valence-corrected chi connectivity index (χ3v) is 4.29. The van der Waals surface area contributed by atoms with Crippen LogP contribution in [-0.4, -0.2) is 47.0 Å². The zero-order valence-electron chi connectivity index (χ0n) is 13.6. The fourth-order valence-corrected chi connectivity index (χ4v) is 3.10. The van der Waals surface area contributed by atoms with Crippen LogP contribution in [0.3, 0.4) is 0 Å². The van der Waals surface area contributed by atoms with Crippen LogP contribution in [0.1, 0.15) is 28.9 Å². The van der Waals surface area contributed by atoms with E-state index in [1.807, 2.05) is 30.4 Å². The Hall–Kier alpha value is -2.51. The van der Waals surface area contributed by atoms with Crippen molar-refractivity contribution in [2.24, 2.45) is 0 Å². The van der Waals surface area contributed by atoms with Crippen LogP contribution in [0.4, 0.5) is 13.2 Å². The highest BCUT2D eigenvalue weighted by Gasteiger charge is 2.37. The summed E-state index contributed by atoms with van der Waals surface area (Å²) in [4.78, 5) is 29.1. The minimum Gasteiger partial charge on any atom is -0.351 e. The molecule has 2 heterocycles. The quantitative estimate of drug-likeness (QED) is 0.891. The summed E-state index contributed by atoms with van der Waals surface area (Å²) < 4.78 is 36.8. The molecule has 8 heteroatoms. The molecular formula is C17H18F3N3O2. The Labute approximate surface area is 142 Å². The second-order valence-electron chi connectivity index (χ2n) is 6.26. The van der Waals surface area contributed by atoms with Gasteiger partial charge in [-0.15, -0.1) is 0 Å². The number of aryl methyl sites for hydroxylation is 1. The summed E-state index contributed by atoms with van der Waals surface area (Å²) in [6.45, 7) is 0.886. The van der Waals surface area contributed by atoms with Crippen molar-refractivity contribution >= 4 is 22.7 Å². The number of aromatic amines is 1. The van der Waals surface area contributed by atoms with Crippen LogP contribution in [0.2, 0.25) is 0 Å². The molecule has 0 radical (unpaired) electrons. The Balaban J connectivity index is 1.76. The van der Waals surface area contributed by atoms with Crippen molar-refractivity contribution < 1.29 is 22.8 Å². The maximum absolute atomic E-state index is 12.7. The van der Waals surface area contributed by atoms with Crippen molar-refractivity contribution in [3.63, 3.8) is 0 Å². The molecule has 0 unspecified atom stereocenters. The lowest BCUT2D eigenvalue weighted by atomic mass is 10.2. The van der Waals surface area contributed by atoms with E-state index >= 15 is 0 Å². The smallest absolute Gasteiger partial charge is 0.351 e. The predicted octanol–water partition coefficient (Wildman–Crippen LogP) is 2.76. The van der Waals surface area contributed by atoms with E-state index in [4.69, 9.17) is 0 Å². The molecule has 1 saturated heterocycles. The highest BCUT2D eigenvalue weighted by Crippen LogP contribution is 2.23. The monoisotopic (exact) mass is 353 g/mol. The Morgan fingerprint density at radius 1 is 1.32 bits per heavy atom. The minimum atomic E-state index is -4.47. The molecule has 0 aliphatic carbocycles. The lowest BCUT2D eigenvalue weighted by Crippen LogP contribution is -2.48. The number of likely N-dealkylation sites (tertiary alicyclic amines) is 1. The first-order chi connectivity index (χ1) is 11.7. The van der Waals surface area contributed by atoms with Gasteiger partial charge in [0.2, 0.25) is 5.91 Å². The number of carbonyl (C=O) groups excluding carboxylic acids is 2. The lowest BCUT2D eigenvalue weighted by molar-refractivity contribution is -0.140. The first-order valence-corrected chi connectivity index (χ1v) is 7.99. The van der Waals surface area contributed by atoms with Crippen LogP contribution in [0.15, 0.2) is 24.3 Å². The lowest BCUT2D eigenvalue weighted by Gasteiger charge is -2.23. The van der Waals surface area contributed by atoms with Gasteiger partial charge in [-0.2, -0.15) is 13.2 Å². The van der Waals surface area contributed by atoms with Crippen LogP contribution in [0.5, 0.6) is 0 Å². The highest BCUT2D eigenvalue weighted by atomic mass is 19.4. The third-order valence-electron chi connectivity index (χ3n) is 4.29. The number of amides is 2. The van der Waals surface area contributed by atoms with Gasteiger partial charge < -0.3 is 15.2 Å². The van der Waals surface area contributed by atoms with E-state index in [1.165, 1.54) is 4.90 Å². The number of carbonyl (C=O) groups is 2. The first-order valence-electron chi connectivity index (χ1n) is 7.99. The second-order valence-corrected chi connectivity index (χ2v) is 6.26. The molecule has 3 rings (SSSR count). The molecule has 2 amide bonds. The molecule has 0 spiro atoms. The first kappa shape index (κ1) is 17.3. The van der Waals surface area contributed by atoms with Gasteiger partial charge in [-0.25, -0.2) is 0 Å². The highest BCUT2D eigenvalue weighted by molar-refractivity contribution is 6.00. The summed E-state index contributed by atoms with van der Waals surface area (Å²) >= 11 is 0. The van der Waals surface area contributed by atoms with Crippen molar-refractivity contribution in [2.75, 3.05) is 13.1 Å². The summed E-state index contributed by atoms with van der Waals surface area (Å²) in [7, 11) is 0. The van der Waals surface area contributed by atoms with E-state index in [2.05, 4.69) is 4.98 Å². The van der Waals surface area contributed by atoms with Gasteiger partial charge in [0.15, 0.2) is 0 Å². The van der Waals surface area contributed by atoms with Crippen molar-refractivity contribution in [2.45, 2.75) is 32.0 Å². The molecule has 1 aromatic heterocycles. The molecule has 1 atom stereocenters. The molecule has 0 saturated carbocycles. The van der Waals surface area contributed by atoms with Crippen LogP contribution in [0.25, 0.3) is 10.9 Å². The van der Waals surface area contributed by atoms with E-state index in [-0.39, 0.29) is 5.91 Å². The maximum atomic E-state index is 12.7. The van der Waals surface area contributed by atoms with Crippen LogP contribution >= 0.6 is 0 Å². The van der Waals surface area contributed by atoms with Crippen molar-refractivity contribution in [1.82, 2.24) is 15.2 Å². The molecule has 2 aromatic rings. The van der Waals surface area contributed by atoms with Gasteiger partial charge >= 0.3 is 6.18 Å². The Morgan fingerprint density at radius 3 is 2.80 bits per heavy atom. The topological polar surface area (TPSA) is 65.2 Å². The Kier molecular flexibility index (Phi) is 4.45. The van der Waals surface area contributed by atoms with Crippen LogP contribution < -0.4 is 5.32 Å². The molecule has 1 aromatic carbocycles. The van der Waals surface area contributed by atoms with Crippen molar-refractivity contribution in [1.29, 1.82) is 0 Å². The fraction of sp³-hybridized carbons (Fsp3) is 0.412. The molecule has 1 aliphatic rings. The molecule has 25 heavy (non-hydrogen) atoms. The Morgan fingerprint density at radius 2 is 2.08 bits per heavy atom. The van der Waals surface area contributed by atoms with E-state index in [9.17, 15) is 22.8 Å². The van der Waals surface area contributed by atoms with Crippen molar-refractivity contribution in [3.05, 3.63) is 35.5 Å². The summed E-state index contributed by atoms with van der Waals surface area (Å²) in [6, 6.07) is 6.54. The van der Waals surface area contributed by atoms with Gasteiger partial charge in [0, 0.05) is 17.4 Å². The number of hydrogen-bond acceptors (Lipinski definition) is 2. The number of nitrogens with zero attached hydrogens (tertiary/aromatic N) is 1. The standard InChI is InChI=1S/C17H18F3N3O2/c1-10-4-5-11-8-13(22-12(11)7-10)16(25)23-6-2-3-14(23)15(24)21-9-17(18,19)20/h4-5,7-8,14,22H,2-3,6,9H2,1H3,(H,21,24)/t14-/m1/s1. The van der Waals surface area contributed by atoms with Gasteiger partial charge in [0.1, 0.15) is 18.3 Å². The van der Waals surface area contributed by atoms with Gasteiger partial charge in [0.05, 0.1) is 0 Å². The predicted molar refractivity (Wildman–Crippen MR) is 86.2 cm³/mol.